The quantitative estimate of drug-likeness (QED) is 0.417. The Morgan fingerprint density at radius 3 is 2.77 bits per heavy atom. The van der Waals surface area contributed by atoms with Gasteiger partial charge in [-0.15, -0.1) is 0 Å². The molecular weight excluding hydrogens is 390 g/mol. The molecule has 0 aliphatic carbocycles. The molecular formula is C23H21N7O. The Bertz CT molecular complexity index is 1330. The van der Waals surface area contributed by atoms with E-state index in [-0.39, 0.29) is 6.10 Å². The first-order chi connectivity index (χ1) is 15.3. The number of rotatable bonds is 4. The Hall–Kier alpha value is -3.78. The van der Waals surface area contributed by atoms with Crippen LogP contribution in [0.3, 0.4) is 0 Å². The fraction of sp³-hybridized carbons (Fsp3) is 0.217. The van der Waals surface area contributed by atoms with Crippen LogP contribution in [0.15, 0.2) is 55.0 Å². The summed E-state index contributed by atoms with van der Waals surface area (Å²) in [5.74, 6) is 1.50. The van der Waals surface area contributed by atoms with Crippen molar-refractivity contribution in [3.05, 3.63) is 55.0 Å². The fourth-order valence-electron chi connectivity index (χ4n) is 4.05. The lowest BCUT2D eigenvalue weighted by Crippen LogP contribution is -2.34. The number of aromatic nitrogens is 6. The van der Waals surface area contributed by atoms with E-state index in [1.807, 2.05) is 42.6 Å². The standard InChI is InChI=1S/C23H21N7O/c1-2-4-19-18(3-1)27-23(28-19)22-17-10-20(26-13-21(17)29-30-22)14-9-16(12-25-11-14)31-15-5-7-24-8-6-15/h1-4,9-13,15,24H,5-8H2,(H,27,28)(H,29,30). The van der Waals surface area contributed by atoms with Crippen LogP contribution < -0.4 is 10.1 Å². The maximum absolute atomic E-state index is 6.15. The Morgan fingerprint density at radius 2 is 1.87 bits per heavy atom. The number of H-pyrrole nitrogens is 2. The highest BCUT2D eigenvalue weighted by Gasteiger charge is 2.16. The van der Waals surface area contributed by atoms with Crippen molar-refractivity contribution in [2.45, 2.75) is 18.9 Å². The van der Waals surface area contributed by atoms with Crippen LogP contribution >= 0.6 is 0 Å². The smallest absolute Gasteiger partial charge is 0.159 e. The largest absolute Gasteiger partial charge is 0.489 e. The zero-order valence-electron chi connectivity index (χ0n) is 16.8. The van der Waals surface area contributed by atoms with Crippen molar-refractivity contribution in [2.24, 2.45) is 0 Å². The van der Waals surface area contributed by atoms with Crippen LogP contribution in [0.1, 0.15) is 12.8 Å². The lowest BCUT2D eigenvalue weighted by atomic mass is 10.1. The summed E-state index contributed by atoms with van der Waals surface area (Å²) in [4.78, 5) is 17.0. The van der Waals surface area contributed by atoms with Gasteiger partial charge in [-0.3, -0.25) is 15.1 Å². The number of nitrogens with one attached hydrogen (secondary N) is 3. The molecule has 0 atom stereocenters. The maximum Gasteiger partial charge on any atom is 0.159 e. The molecule has 31 heavy (non-hydrogen) atoms. The number of ether oxygens (including phenoxy) is 1. The number of benzene rings is 1. The monoisotopic (exact) mass is 411 g/mol. The SMILES string of the molecule is c1ccc2[nH]c(-c3n[nH]c4cnc(-c5cncc(OC6CCNCC6)c5)cc34)nc2c1. The molecule has 1 fully saturated rings. The normalized spacial score (nSPS) is 15.0. The van der Waals surface area contributed by atoms with Crippen molar-refractivity contribution in [1.29, 1.82) is 0 Å². The zero-order chi connectivity index (χ0) is 20.6. The number of piperidine rings is 1. The summed E-state index contributed by atoms with van der Waals surface area (Å²) in [6.45, 7) is 1.97. The summed E-state index contributed by atoms with van der Waals surface area (Å²) >= 11 is 0. The molecule has 0 unspecified atom stereocenters. The van der Waals surface area contributed by atoms with Crippen LogP contribution in [-0.4, -0.2) is 49.3 Å². The first-order valence-electron chi connectivity index (χ1n) is 10.5. The second kappa shape index (κ2) is 7.48. The predicted molar refractivity (Wildman–Crippen MR) is 119 cm³/mol. The lowest BCUT2D eigenvalue weighted by molar-refractivity contribution is 0.162. The highest BCUT2D eigenvalue weighted by Crippen LogP contribution is 2.30. The van der Waals surface area contributed by atoms with Gasteiger partial charge >= 0.3 is 0 Å². The van der Waals surface area contributed by atoms with E-state index in [0.29, 0.717) is 0 Å². The average Bonchev–Trinajstić information content (AvgIpc) is 3.43. The molecule has 8 heteroatoms. The van der Waals surface area contributed by atoms with Crippen molar-refractivity contribution in [3.63, 3.8) is 0 Å². The maximum atomic E-state index is 6.15. The second-order valence-corrected chi connectivity index (χ2v) is 7.77. The Morgan fingerprint density at radius 1 is 0.968 bits per heavy atom. The van der Waals surface area contributed by atoms with Crippen LogP contribution in [0.2, 0.25) is 0 Å². The van der Waals surface area contributed by atoms with Gasteiger partial charge in [-0.2, -0.15) is 5.10 Å². The molecule has 0 saturated carbocycles. The Labute approximate surface area is 178 Å². The molecule has 6 rings (SSSR count). The van der Waals surface area contributed by atoms with E-state index in [0.717, 1.165) is 76.4 Å². The van der Waals surface area contributed by atoms with E-state index in [9.17, 15) is 0 Å². The topological polar surface area (TPSA) is 104 Å². The van der Waals surface area contributed by atoms with Gasteiger partial charge in [0.25, 0.3) is 0 Å². The van der Waals surface area contributed by atoms with E-state index in [1.165, 1.54) is 0 Å². The van der Waals surface area contributed by atoms with E-state index in [1.54, 1.807) is 12.4 Å². The fourth-order valence-corrected chi connectivity index (χ4v) is 4.05. The van der Waals surface area contributed by atoms with Crippen molar-refractivity contribution in [3.8, 4) is 28.5 Å². The van der Waals surface area contributed by atoms with Crippen LogP contribution in [0.4, 0.5) is 0 Å². The second-order valence-electron chi connectivity index (χ2n) is 7.77. The van der Waals surface area contributed by atoms with Crippen molar-refractivity contribution < 1.29 is 4.74 Å². The lowest BCUT2D eigenvalue weighted by Gasteiger charge is -2.23. The zero-order valence-corrected chi connectivity index (χ0v) is 16.8. The third-order valence-corrected chi connectivity index (χ3v) is 5.66. The minimum Gasteiger partial charge on any atom is -0.489 e. The summed E-state index contributed by atoms with van der Waals surface area (Å²) in [5, 5.41) is 11.9. The molecule has 1 saturated heterocycles. The molecule has 5 aromatic rings. The molecule has 0 spiro atoms. The molecule has 1 aliphatic rings. The summed E-state index contributed by atoms with van der Waals surface area (Å²) in [6, 6.07) is 12.0. The van der Waals surface area contributed by atoms with Crippen molar-refractivity contribution in [1.82, 2.24) is 35.5 Å². The van der Waals surface area contributed by atoms with Gasteiger partial charge in [0.15, 0.2) is 5.82 Å². The Kier molecular flexibility index (Phi) is 4.35. The van der Waals surface area contributed by atoms with Gasteiger partial charge in [-0.05, 0) is 50.2 Å². The van der Waals surface area contributed by atoms with E-state index >= 15 is 0 Å². The van der Waals surface area contributed by atoms with Crippen molar-refractivity contribution >= 4 is 21.9 Å². The van der Waals surface area contributed by atoms with Crippen LogP contribution in [0, 0.1) is 0 Å². The van der Waals surface area contributed by atoms with Gasteiger partial charge in [0.1, 0.15) is 17.5 Å². The number of imidazole rings is 1. The molecule has 4 aromatic heterocycles. The number of para-hydroxylation sites is 2. The third kappa shape index (κ3) is 3.40. The van der Waals surface area contributed by atoms with E-state index in [2.05, 4.69) is 30.5 Å². The van der Waals surface area contributed by atoms with Gasteiger partial charge in [-0.25, -0.2) is 4.98 Å². The third-order valence-electron chi connectivity index (χ3n) is 5.66. The molecule has 0 bridgehead atoms. The molecule has 154 valence electrons. The number of hydrogen-bond acceptors (Lipinski definition) is 6. The number of hydrogen-bond donors (Lipinski definition) is 3. The van der Waals surface area contributed by atoms with E-state index < -0.39 is 0 Å². The van der Waals surface area contributed by atoms with Gasteiger partial charge in [-0.1, -0.05) is 12.1 Å². The first-order valence-corrected chi connectivity index (χ1v) is 10.5. The first kappa shape index (κ1) is 18.0. The summed E-state index contributed by atoms with van der Waals surface area (Å²) in [7, 11) is 0. The number of aromatic amines is 2. The Balaban J connectivity index is 1.36. The van der Waals surface area contributed by atoms with Gasteiger partial charge in [0.05, 0.1) is 34.6 Å². The van der Waals surface area contributed by atoms with Gasteiger partial charge < -0.3 is 15.0 Å². The summed E-state index contributed by atoms with van der Waals surface area (Å²) in [6.07, 6.45) is 7.60. The van der Waals surface area contributed by atoms with Crippen LogP contribution in [0.5, 0.6) is 5.75 Å². The van der Waals surface area contributed by atoms with Crippen molar-refractivity contribution in [2.75, 3.05) is 13.1 Å². The molecule has 1 aromatic carbocycles. The minimum atomic E-state index is 0.224. The van der Waals surface area contributed by atoms with E-state index in [4.69, 9.17) is 9.72 Å². The number of fused-ring (bicyclic) bond motifs is 2. The van der Waals surface area contributed by atoms with Gasteiger partial charge in [0, 0.05) is 17.1 Å². The highest BCUT2D eigenvalue weighted by atomic mass is 16.5. The van der Waals surface area contributed by atoms with Crippen LogP contribution in [0.25, 0.3) is 44.7 Å². The molecule has 0 radical (unpaired) electrons. The minimum absolute atomic E-state index is 0.224. The summed E-state index contributed by atoms with van der Waals surface area (Å²) in [5.41, 5.74) is 5.24. The predicted octanol–water partition coefficient (Wildman–Crippen LogP) is 3.69. The number of nitrogens with zero attached hydrogens (tertiary/aromatic N) is 4. The molecule has 5 heterocycles. The molecule has 3 N–H and O–H groups in total. The van der Waals surface area contributed by atoms with Gasteiger partial charge in [0.2, 0.25) is 0 Å². The average molecular weight is 411 g/mol. The van der Waals surface area contributed by atoms with Crippen LogP contribution in [-0.2, 0) is 0 Å². The number of pyridine rings is 2. The molecule has 1 aliphatic heterocycles. The highest BCUT2D eigenvalue weighted by molar-refractivity contribution is 5.94. The molecule has 0 amide bonds. The summed E-state index contributed by atoms with van der Waals surface area (Å²) < 4.78 is 6.15. The molecule has 8 nitrogen and oxygen atoms in total.